The van der Waals surface area contributed by atoms with Crippen LogP contribution in [0, 0.1) is 0 Å². The third-order valence-corrected chi connectivity index (χ3v) is 6.47. The fourth-order valence-corrected chi connectivity index (χ4v) is 4.49. The maximum atomic E-state index is 13.0. The number of ether oxygens (including phenoxy) is 2. The van der Waals surface area contributed by atoms with Crippen molar-refractivity contribution in [1.29, 1.82) is 0 Å². The molecule has 10 heteroatoms. The molecule has 0 atom stereocenters. The van der Waals surface area contributed by atoms with Gasteiger partial charge in [-0.1, -0.05) is 23.7 Å². The predicted molar refractivity (Wildman–Crippen MR) is 149 cm³/mol. The van der Waals surface area contributed by atoms with E-state index in [2.05, 4.69) is 15.5 Å². The molecule has 4 rings (SSSR count). The second kappa shape index (κ2) is 11.9. The van der Waals surface area contributed by atoms with Crippen LogP contribution < -0.4 is 25.0 Å². The number of amides is 2. The molecule has 0 aliphatic carbocycles. The fraction of sp³-hybridized carbons (Fsp3) is 0.222. The van der Waals surface area contributed by atoms with Gasteiger partial charge in [-0.05, 0) is 66.8 Å². The summed E-state index contributed by atoms with van der Waals surface area (Å²) in [6.07, 6.45) is 0. The van der Waals surface area contributed by atoms with Crippen molar-refractivity contribution in [2.75, 3.05) is 50.6 Å². The van der Waals surface area contributed by atoms with Crippen LogP contribution in [0.4, 0.5) is 11.4 Å². The van der Waals surface area contributed by atoms with E-state index in [4.69, 9.17) is 33.3 Å². The number of carbonyl (C=O) groups excluding carboxylic acids is 2. The molecule has 0 aromatic heterocycles. The van der Waals surface area contributed by atoms with E-state index in [1.165, 1.54) is 14.2 Å². The Morgan fingerprint density at radius 1 is 0.865 bits per heavy atom. The zero-order chi connectivity index (χ0) is 26.4. The zero-order valence-electron chi connectivity index (χ0n) is 20.5. The second-order valence-electron chi connectivity index (χ2n) is 8.28. The molecule has 0 spiro atoms. The maximum absolute atomic E-state index is 13.0. The minimum absolute atomic E-state index is 0.0952. The summed E-state index contributed by atoms with van der Waals surface area (Å²) in [5.74, 6) is 0.536. The van der Waals surface area contributed by atoms with Crippen LogP contribution in [0.2, 0.25) is 5.02 Å². The fourth-order valence-electron chi connectivity index (χ4n) is 4.11. The van der Waals surface area contributed by atoms with Gasteiger partial charge in [0.25, 0.3) is 11.8 Å². The number of halogens is 1. The maximum Gasteiger partial charge on any atom is 0.261 e. The molecule has 37 heavy (non-hydrogen) atoms. The Bertz CT molecular complexity index is 1290. The highest BCUT2D eigenvalue weighted by atomic mass is 35.5. The highest BCUT2D eigenvalue weighted by molar-refractivity contribution is 7.80. The van der Waals surface area contributed by atoms with Crippen molar-refractivity contribution in [1.82, 2.24) is 10.2 Å². The first-order chi connectivity index (χ1) is 17.9. The van der Waals surface area contributed by atoms with Crippen LogP contribution in [0.15, 0.2) is 66.7 Å². The minimum atomic E-state index is -0.352. The molecule has 1 saturated heterocycles. The Morgan fingerprint density at radius 2 is 1.51 bits per heavy atom. The Hall–Kier alpha value is -3.82. The highest BCUT2D eigenvalue weighted by Gasteiger charge is 2.25. The number of benzene rings is 3. The summed E-state index contributed by atoms with van der Waals surface area (Å²) in [6, 6.07) is 19.7. The number of para-hydroxylation sites is 1. The van der Waals surface area contributed by atoms with E-state index in [0.717, 1.165) is 11.4 Å². The van der Waals surface area contributed by atoms with E-state index >= 15 is 0 Å². The monoisotopic (exact) mass is 538 g/mol. The van der Waals surface area contributed by atoms with Crippen LogP contribution >= 0.6 is 23.8 Å². The van der Waals surface area contributed by atoms with Crippen LogP contribution in [0.5, 0.6) is 11.5 Å². The first kappa shape index (κ1) is 26.2. The van der Waals surface area contributed by atoms with Gasteiger partial charge in [-0.15, -0.1) is 0 Å². The van der Waals surface area contributed by atoms with Crippen molar-refractivity contribution in [2.24, 2.45) is 0 Å². The van der Waals surface area contributed by atoms with Gasteiger partial charge in [-0.2, -0.15) is 0 Å². The van der Waals surface area contributed by atoms with Crippen LogP contribution in [0.25, 0.3) is 0 Å². The van der Waals surface area contributed by atoms with E-state index in [9.17, 15) is 9.59 Å². The smallest absolute Gasteiger partial charge is 0.261 e. The minimum Gasteiger partial charge on any atom is -0.496 e. The van der Waals surface area contributed by atoms with Crippen molar-refractivity contribution in [2.45, 2.75) is 0 Å². The van der Waals surface area contributed by atoms with Gasteiger partial charge in [0.05, 0.1) is 25.3 Å². The van der Waals surface area contributed by atoms with Crippen molar-refractivity contribution >= 4 is 52.1 Å². The standard InChI is InChI=1S/C27H27ClN4O4S/c1-35-23-6-4-3-5-21(23)25(33)30-27(37)29-19-8-10-20(11-9-19)31-13-15-32(16-14-31)26(34)22-17-18(28)7-12-24(22)36-2/h3-12,17H,13-16H2,1-2H3,(H2,29,30,33,37). The summed E-state index contributed by atoms with van der Waals surface area (Å²) in [5.41, 5.74) is 2.64. The molecule has 0 saturated carbocycles. The van der Waals surface area contributed by atoms with Crippen molar-refractivity contribution in [3.8, 4) is 11.5 Å². The van der Waals surface area contributed by atoms with Gasteiger partial charge < -0.3 is 24.6 Å². The molecular weight excluding hydrogens is 512 g/mol. The quantitative estimate of drug-likeness (QED) is 0.449. The predicted octanol–water partition coefficient (Wildman–Crippen LogP) is 4.45. The van der Waals surface area contributed by atoms with Crippen molar-refractivity contribution in [3.63, 3.8) is 0 Å². The molecule has 192 valence electrons. The Balaban J connectivity index is 1.31. The lowest BCUT2D eigenvalue weighted by molar-refractivity contribution is 0.0743. The average Bonchev–Trinajstić information content (AvgIpc) is 2.93. The average molecular weight is 539 g/mol. The topological polar surface area (TPSA) is 83.1 Å². The van der Waals surface area contributed by atoms with Gasteiger partial charge in [0.1, 0.15) is 11.5 Å². The summed E-state index contributed by atoms with van der Waals surface area (Å²) in [6.45, 7) is 2.53. The third kappa shape index (κ3) is 6.31. The Morgan fingerprint density at radius 3 is 2.19 bits per heavy atom. The third-order valence-electron chi connectivity index (χ3n) is 6.03. The van der Waals surface area contributed by atoms with E-state index in [0.29, 0.717) is 53.8 Å². The molecule has 1 aliphatic rings. The SMILES string of the molecule is COc1ccccc1C(=O)NC(=S)Nc1ccc(N2CCN(C(=O)c3cc(Cl)ccc3OC)CC2)cc1. The van der Waals surface area contributed by atoms with E-state index in [1.54, 1.807) is 42.5 Å². The summed E-state index contributed by atoms with van der Waals surface area (Å²) < 4.78 is 10.6. The number of thiocarbonyl (C=S) groups is 1. The first-order valence-electron chi connectivity index (χ1n) is 11.6. The molecule has 1 aliphatic heterocycles. The molecule has 8 nitrogen and oxygen atoms in total. The summed E-state index contributed by atoms with van der Waals surface area (Å²) in [5, 5.41) is 6.39. The molecule has 3 aromatic rings. The van der Waals surface area contributed by atoms with Crippen LogP contribution in [0.3, 0.4) is 0 Å². The lowest BCUT2D eigenvalue weighted by Gasteiger charge is -2.36. The Kier molecular flexibility index (Phi) is 8.47. The number of carbonyl (C=O) groups is 2. The number of methoxy groups -OCH3 is 2. The highest BCUT2D eigenvalue weighted by Crippen LogP contribution is 2.26. The first-order valence-corrected chi connectivity index (χ1v) is 12.4. The second-order valence-corrected chi connectivity index (χ2v) is 9.12. The van der Waals surface area contributed by atoms with Gasteiger partial charge >= 0.3 is 0 Å². The summed E-state index contributed by atoms with van der Waals surface area (Å²) >= 11 is 11.4. The lowest BCUT2D eigenvalue weighted by Crippen LogP contribution is -2.48. The van der Waals surface area contributed by atoms with Crippen molar-refractivity contribution < 1.29 is 19.1 Å². The van der Waals surface area contributed by atoms with Gasteiger partial charge in [0.2, 0.25) is 0 Å². The molecule has 0 bridgehead atoms. The van der Waals surface area contributed by atoms with E-state index in [1.807, 2.05) is 29.2 Å². The zero-order valence-corrected chi connectivity index (χ0v) is 22.1. The molecule has 3 aromatic carbocycles. The van der Waals surface area contributed by atoms with Gasteiger partial charge in [-0.3, -0.25) is 14.9 Å². The van der Waals surface area contributed by atoms with Crippen molar-refractivity contribution in [3.05, 3.63) is 82.9 Å². The normalized spacial score (nSPS) is 13.1. The lowest BCUT2D eigenvalue weighted by atomic mass is 10.1. The van der Waals surface area contributed by atoms with Gasteiger partial charge in [-0.25, -0.2) is 0 Å². The number of nitrogens with one attached hydrogen (secondary N) is 2. The number of anilines is 2. The molecule has 2 N–H and O–H groups in total. The van der Waals surface area contributed by atoms with Crippen LogP contribution in [-0.2, 0) is 0 Å². The molecular formula is C27H27ClN4O4S. The summed E-state index contributed by atoms with van der Waals surface area (Å²) in [7, 11) is 3.05. The largest absolute Gasteiger partial charge is 0.496 e. The summed E-state index contributed by atoms with van der Waals surface area (Å²) in [4.78, 5) is 29.6. The number of nitrogens with zero attached hydrogens (tertiary/aromatic N) is 2. The van der Waals surface area contributed by atoms with Crippen LogP contribution in [-0.4, -0.2) is 62.2 Å². The molecule has 0 unspecified atom stereocenters. The number of hydrogen-bond donors (Lipinski definition) is 2. The number of hydrogen-bond acceptors (Lipinski definition) is 6. The van der Waals surface area contributed by atoms with Gasteiger partial charge in [0.15, 0.2) is 5.11 Å². The van der Waals surface area contributed by atoms with Crippen LogP contribution in [0.1, 0.15) is 20.7 Å². The molecule has 1 fully saturated rings. The molecule has 0 radical (unpaired) electrons. The number of piperazine rings is 1. The Labute approximate surface area is 226 Å². The number of rotatable bonds is 6. The molecule has 2 amide bonds. The van der Waals surface area contributed by atoms with Gasteiger partial charge in [0, 0.05) is 42.6 Å². The molecule has 1 heterocycles. The van der Waals surface area contributed by atoms with E-state index < -0.39 is 0 Å². The van der Waals surface area contributed by atoms with E-state index in [-0.39, 0.29) is 16.9 Å².